The maximum absolute atomic E-state index is 12.7. The van der Waals surface area contributed by atoms with Gasteiger partial charge in [-0.05, 0) is 29.5 Å². The van der Waals surface area contributed by atoms with Crippen LogP contribution < -0.4 is 10.6 Å². The molecule has 12 heteroatoms. The van der Waals surface area contributed by atoms with Gasteiger partial charge in [0.2, 0.25) is 0 Å². The summed E-state index contributed by atoms with van der Waals surface area (Å²) in [5.74, 6) is 0.299. The van der Waals surface area contributed by atoms with Gasteiger partial charge < -0.3 is 10.0 Å². The fourth-order valence-electron chi connectivity index (χ4n) is 3.09. The highest BCUT2D eigenvalue weighted by Crippen LogP contribution is 2.32. The fourth-order valence-corrected chi connectivity index (χ4v) is 4.57. The van der Waals surface area contributed by atoms with Gasteiger partial charge in [0.15, 0.2) is 10.8 Å². The summed E-state index contributed by atoms with van der Waals surface area (Å²) < 4.78 is 39.0. The number of aryl methyl sites for hydroxylation is 1. The van der Waals surface area contributed by atoms with E-state index in [9.17, 15) is 23.1 Å². The van der Waals surface area contributed by atoms with Gasteiger partial charge in [0.25, 0.3) is 0 Å². The SMILES string of the molecule is Cc1cc(C2=CCN(c3cnn(Cc4cnc(C(F)(F)F)s4)c(=O)n3)C[C@@H]2O)cs1. The molecule has 30 heavy (non-hydrogen) atoms. The number of thiazole rings is 1. The third-order valence-electron chi connectivity index (χ3n) is 4.52. The Morgan fingerprint density at radius 1 is 1.33 bits per heavy atom. The molecule has 0 aliphatic carbocycles. The van der Waals surface area contributed by atoms with E-state index >= 15 is 0 Å². The predicted molar refractivity (Wildman–Crippen MR) is 108 cm³/mol. The summed E-state index contributed by atoms with van der Waals surface area (Å²) in [6, 6.07) is 2.01. The van der Waals surface area contributed by atoms with Crippen LogP contribution >= 0.6 is 22.7 Å². The minimum absolute atomic E-state index is 0.149. The Kier molecular flexibility index (Phi) is 5.47. The minimum Gasteiger partial charge on any atom is -0.387 e. The molecule has 3 aromatic heterocycles. The van der Waals surface area contributed by atoms with Crippen molar-refractivity contribution in [2.24, 2.45) is 0 Å². The van der Waals surface area contributed by atoms with Gasteiger partial charge in [0.05, 0.1) is 18.8 Å². The number of hydrogen-bond donors (Lipinski definition) is 1. The third kappa shape index (κ3) is 4.30. The van der Waals surface area contributed by atoms with Crippen LogP contribution in [0.3, 0.4) is 0 Å². The largest absolute Gasteiger partial charge is 0.443 e. The van der Waals surface area contributed by atoms with E-state index in [1.54, 1.807) is 16.2 Å². The van der Waals surface area contributed by atoms with Crippen LogP contribution in [0.15, 0.2) is 34.7 Å². The highest BCUT2D eigenvalue weighted by atomic mass is 32.1. The first-order chi connectivity index (χ1) is 14.2. The first-order valence-corrected chi connectivity index (χ1v) is 10.5. The summed E-state index contributed by atoms with van der Waals surface area (Å²) >= 11 is 2.07. The molecule has 1 N–H and O–H groups in total. The van der Waals surface area contributed by atoms with E-state index in [2.05, 4.69) is 15.1 Å². The fraction of sp³-hybridized carbons (Fsp3) is 0.333. The molecule has 1 atom stereocenters. The van der Waals surface area contributed by atoms with E-state index < -0.39 is 23.0 Å². The number of aromatic nitrogens is 4. The summed E-state index contributed by atoms with van der Waals surface area (Å²) in [6.07, 6.45) is -0.927. The molecule has 0 fully saturated rings. The summed E-state index contributed by atoms with van der Waals surface area (Å²) in [7, 11) is 0. The van der Waals surface area contributed by atoms with Crippen LogP contribution in [0.1, 0.15) is 20.3 Å². The van der Waals surface area contributed by atoms with Gasteiger partial charge in [-0.1, -0.05) is 6.08 Å². The Bertz CT molecular complexity index is 1150. The Morgan fingerprint density at radius 2 is 2.13 bits per heavy atom. The number of anilines is 1. The lowest BCUT2D eigenvalue weighted by Crippen LogP contribution is -2.39. The number of nitrogens with zero attached hydrogens (tertiary/aromatic N) is 5. The van der Waals surface area contributed by atoms with Crippen LogP contribution in [0.25, 0.3) is 5.57 Å². The molecule has 158 valence electrons. The quantitative estimate of drug-likeness (QED) is 0.651. The highest BCUT2D eigenvalue weighted by Gasteiger charge is 2.34. The summed E-state index contributed by atoms with van der Waals surface area (Å²) in [4.78, 5) is 22.7. The van der Waals surface area contributed by atoms with Crippen LogP contribution in [0.5, 0.6) is 0 Å². The van der Waals surface area contributed by atoms with Crippen molar-refractivity contribution in [1.82, 2.24) is 19.7 Å². The molecule has 4 rings (SSSR count). The lowest BCUT2D eigenvalue weighted by atomic mass is 9.99. The molecular formula is C18H16F3N5O2S2. The normalized spacial score (nSPS) is 17.3. The molecule has 0 amide bonds. The molecule has 0 spiro atoms. The molecule has 7 nitrogen and oxygen atoms in total. The number of aliphatic hydroxyl groups excluding tert-OH is 1. The zero-order chi connectivity index (χ0) is 21.5. The van der Waals surface area contributed by atoms with Crippen molar-refractivity contribution in [3.63, 3.8) is 0 Å². The van der Waals surface area contributed by atoms with E-state index in [0.29, 0.717) is 23.7 Å². The molecule has 0 saturated carbocycles. The molecule has 4 heterocycles. The highest BCUT2D eigenvalue weighted by molar-refractivity contribution is 7.11. The van der Waals surface area contributed by atoms with E-state index in [-0.39, 0.29) is 18.0 Å². The lowest BCUT2D eigenvalue weighted by Gasteiger charge is -2.30. The molecule has 0 saturated heterocycles. The number of halogens is 3. The molecule has 0 bridgehead atoms. The average Bonchev–Trinajstić information content (AvgIpc) is 3.32. The maximum Gasteiger partial charge on any atom is 0.443 e. The zero-order valence-corrected chi connectivity index (χ0v) is 17.3. The molecule has 1 aliphatic heterocycles. The number of alkyl halides is 3. The van der Waals surface area contributed by atoms with Gasteiger partial charge in [-0.15, -0.1) is 22.7 Å². The smallest absolute Gasteiger partial charge is 0.387 e. The summed E-state index contributed by atoms with van der Waals surface area (Å²) in [5, 5.41) is 15.6. The van der Waals surface area contributed by atoms with E-state index in [0.717, 1.165) is 26.9 Å². The van der Waals surface area contributed by atoms with Gasteiger partial charge in [0.1, 0.15) is 0 Å². The second-order valence-electron chi connectivity index (χ2n) is 6.71. The first kappa shape index (κ1) is 20.7. The number of aliphatic hydroxyl groups is 1. The topological polar surface area (TPSA) is 84.1 Å². The van der Waals surface area contributed by atoms with Crippen molar-refractivity contribution in [3.8, 4) is 0 Å². The zero-order valence-electron chi connectivity index (χ0n) is 15.6. The van der Waals surface area contributed by atoms with E-state index in [4.69, 9.17) is 0 Å². The standard InChI is InChI=1S/C18H16F3N5O2S2/c1-10-4-11(9-29-10)13-2-3-25(8-14(13)27)15-6-23-26(17(28)24-15)7-12-5-22-16(30-12)18(19,20)21/h2,4-6,9,14,27H,3,7-8H2,1H3/t14-/m0/s1. The monoisotopic (exact) mass is 455 g/mol. The lowest BCUT2D eigenvalue weighted by molar-refractivity contribution is -0.137. The van der Waals surface area contributed by atoms with Gasteiger partial charge in [-0.3, -0.25) is 0 Å². The Morgan fingerprint density at radius 3 is 2.73 bits per heavy atom. The third-order valence-corrected chi connectivity index (χ3v) is 6.41. The average molecular weight is 455 g/mol. The Balaban J connectivity index is 1.49. The Labute approximate surface area is 176 Å². The van der Waals surface area contributed by atoms with Gasteiger partial charge in [0, 0.05) is 29.0 Å². The number of rotatable bonds is 4. The van der Waals surface area contributed by atoms with Crippen molar-refractivity contribution in [1.29, 1.82) is 0 Å². The van der Waals surface area contributed by atoms with Crippen molar-refractivity contribution in [3.05, 3.63) is 60.7 Å². The molecular weight excluding hydrogens is 439 g/mol. The van der Waals surface area contributed by atoms with Gasteiger partial charge >= 0.3 is 11.9 Å². The minimum atomic E-state index is -4.52. The second kappa shape index (κ2) is 7.93. The second-order valence-corrected chi connectivity index (χ2v) is 8.94. The van der Waals surface area contributed by atoms with E-state index in [1.807, 2.05) is 24.4 Å². The summed E-state index contributed by atoms with van der Waals surface area (Å²) in [5.41, 5.74) is 1.13. The molecule has 0 unspecified atom stereocenters. The molecule has 0 radical (unpaired) electrons. The van der Waals surface area contributed by atoms with Crippen LogP contribution in [0.4, 0.5) is 19.0 Å². The predicted octanol–water partition coefficient (Wildman–Crippen LogP) is 2.80. The van der Waals surface area contributed by atoms with Crippen molar-refractivity contribution in [2.75, 3.05) is 18.0 Å². The van der Waals surface area contributed by atoms with Crippen LogP contribution in [-0.4, -0.2) is 44.0 Å². The number of β-amino-alcohol motifs (C(OH)–C–C–N with tert-alkyl or cyclic N) is 1. The maximum atomic E-state index is 12.7. The van der Waals surface area contributed by atoms with Crippen LogP contribution in [-0.2, 0) is 12.7 Å². The molecule has 3 aromatic rings. The molecule has 0 aromatic carbocycles. The van der Waals surface area contributed by atoms with Gasteiger partial charge in [-0.25, -0.2) is 14.5 Å². The van der Waals surface area contributed by atoms with E-state index in [1.165, 1.54) is 6.20 Å². The van der Waals surface area contributed by atoms with Crippen molar-refractivity contribution >= 4 is 34.1 Å². The molecule has 1 aliphatic rings. The van der Waals surface area contributed by atoms with Crippen molar-refractivity contribution in [2.45, 2.75) is 25.7 Å². The van der Waals surface area contributed by atoms with Crippen LogP contribution in [0, 0.1) is 6.92 Å². The number of hydrogen-bond acceptors (Lipinski definition) is 8. The number of thiophene rings is 1. The summed E-state index contributed by atoms with van der Waals surface area (Å²) in [6.45, 7) is 2.55. The Hall–Kier alpha value is -2.57. The van der Waals surface area contributed by atoms with Gasteiger partial charge in [-0.2, -0.15) is 23.3 Å². The van der Waals surface area contributed by atoms with Crippen LogP contribution in [0.2, 0.25) is 0 Å². The first-order valence-electron chi connectivity index (χ1n) is 8.85. The van der Waals surface area contributed by atoms with Crippen molar-refractivity contribution < 1.29 is 18.3 Å².